The highest BCUT2D eigenvalue weighted by Crippen LogP contribution is 2.20. The Morgan fingerprint density at radius 2 is 2.12 bits per heavy atom. The van der Waals surface area contributed by atoms with E-state index in [2.05, 4.69) is 0 Å². The van der Waals surface area contributed by atoms with E-state index in [9.17, 15) is 9.18 Å². The van der Waals surface area contributed by atoms with Crippen LogP contribution in [0.15, 0.2) is 23.8 Å². The minimum atomic E-state index is -0.426. The molecule has 0 spiro atoms. The van der Waals surface area contributed by atoms with Crippen LogP contribution in [-0.4, -0.2) is 13.4 Å². The van der Waals surface area contributed by atoms with Crippen LogP contribution in [0.5, 0.6) is 5.75 Å². The van der Waals surface area contributed by atoms with Gasteiger partial charge in [0.25, 0.3) is 0 Å². The second-order valence-electron chi connectivity index (χ2n) is 3.81. The largest absolute Gasteiger partial charge is 0.494 e. The highest BCUT2D eigenvalue weighted by atomic mass is 19.1. The summed E-state index contributed by atoms with van der Waals surface area (Å²) in [5.74, 6) is -0.0951. The monoisotopic (exact) mass is 222 g/mol. The first-order chi connectivity index (χ1) is 7.58. The summed E-state index contributed by atoms with van der Waals surface area (Å²) in [4.78, 5) is 10.8. The quantitative estimate of drug-likeness (QED) is 0.578. The fourth-order valence-electron chi connectivity index (χ4n) is 1.30. The van der Waals surface area contributed by atoms with Crippen molar-refractivity contribution in [1.82, 2.24) is 0 Å². The Bertz CT molecular complexity index is 408. The van der Waals surface area contributed by atoms with E-state index < -0.39 is 5.82 Å². The topological polar surface area (TPSA) is 26.3 Å². The van der Waals surface area contributed by atoms with E-state index in [1.807, 2.05) is 13.8 Å². The van der Waals surface area contributed by atoms with Crippen molar-refractivity contribution in [3.8, 4) is 5.75 Å². The molecule has 0 saturated carbocycles. The third-order valence-electron chi connectivity index (χ3n) is 2.31. The van der Waals surface area contributed by atoms with Gasteiger partial charge in [0.2, 0.25) is 0 Å². The molecule has 0 fully saturated rings. The van der Waals surface area contributed by atoms with Gasteiger partial charge in [0.15, 0.2) is 11.6 Å². The molecule has 0 heterocycles. The van der Waals surface area contributed by atoms with Gasteiger partial charge in [-0.2, -0.15) is 0 Å². The van der Waals surface area contributed by atoms with Gasteiger partial charge in [-0.3, -0.25) is 4.79 Å². The molecule has 86 valence electrons. The third-order valence-corrected chi connectivity index (χ3v) is 2.31. The molecule has 1 aromatic rings. The molecule has 0 bridgehead atoms. The smallest absolute Gasteiger partial charge is 0.165 e. The SMILES string of the molecule is COc1ccc(C=C(C=O)C(C)C)cc1F. The average Bonchev–Trinajstić information content (AvgIpc) is 2.25. The summed E-state index contributed by atoms with van der Waals surface area (Å²) >= 11 is 0. The lowest BCUT2D eigenvalue weighted by atomic mass is 10.0. The van der Waals surface area contributed by atoms with Crippen molar-refractivity contribution in [3.63, 3.8) is 0 Å². The first kappa shape index (κ1) is 12.4. The summed E-state index contributed by atoms with van der Waals surface area (Å²) in [6.07, 6.45) is 2.48. The molecule has 2 nitrogen and oxygen atoms in total. The molecule has 0 amide bonds. The van der Waals surface area contributed by atoms with Gasteiger partial charge in [-0.1, -0.05) is 19.9 Å². The number of aldehydes is 1. The van der Waals surface area contributed by atoms with Crippen LogP contribution in [0.1, 0.15) is 19.4 Å². The van der Waals surface area contributed by atoms with Crippen LogP contribution in [-0.2, 0) is 4.79 Å². The molecule has 0 aliphatic carbocycles. The molecule has 1 rings (SSSR count). The number of ether oxygens (including phenoxy) is 1. The molecule has 3 heteroatoms. The normalized spacial score (nSPS) is 11.7. The van der Waals surface area contributed by atoms with E-state index in [4.69, 9.17) is 4.74 Å². The average molecular weight is 222 g/mol. The van der Waals surface area contributed by atoms with Gasteiger partial charge in [-0.15, -0.1) is 0 Å². The highest BCUT2D eigenvalue weighted by molar-refractivity contribution is 5.82. The summed E-state index contributed by atoms with van der Waals surface area (Å²) in [5.41, 5.74) is 1.30. The maximum atomic E-state index is 13.4. The predicted molar refractivity (Wildman–Crippen MR) is 61.8 cm³/mol. The lowest BCUT2D eigenvalue weighted by molar-refractivity contribution is -0.105. The van der Waals surface area contributed by atoms with Crippen LogP contribution in [0.2, 0.25) is 0 Å². The Kier molecular flexibility index (Phi) is 4.23. The molecule has 16 heavy (non-hydrogen) atoms. The Balaban J connectivity index is 3.06. The van der Waals surface area contributed by atoms with Crippen molar-refractivity contribution in [3.05, 3.63) is 35.2 Å². The number of methoxy groups -OCH3 is 1. The van der Waals surface area contributed by atoms with Gasteiger partial charge in [-0.25, -0.2) is 4.39 Å². The summed E-state index contributed by atoms with van der Waals surface area (Å²) in [6.45, 7) is 3.83. The number of hydrogen-bond donors (Lipinski definition) is 0. The van der Waals surface area contributed by atoms with E-state index in [1.165, 1.54) is 13.2 Å². The minimum Gasteiger partial charge on any atom is -0.494 e. The fourth-order valence-corrected chi connectivity index (χ4v) is 1.30. The van der Waals surface area contributed by atoms with Crippen molar-refractivity contribution in [1.29, 1.82) is 0 Å². The standard InChI is InChI=1S/C13H15FO2/c1-9(2)11(8-15)6-10-4-5-13(16-3)12(14)7-10/h4-9H,1-3H3. The highest BCUT2D eigenvalue weighted by Gasteiger charge is 2.05. The minimum absolute atomic E-state index is 0.127. The number of allylic oxidation sites excluding steroid dienone is 1. The van der Waals surface area contributed by atoms with Gasteiger partial charge >= 0.3 is 0 Å². The summed E-state index contributed by atoms with van der Waals surface area (Å²) in [6, 6.07) is 4.61. The molecule has 0 aromatic heterocycles. The number of hydrogen-bond acceptors (Lipinski definition) is 2. The van der Waals surface area contributed by atoms with Gasteiger partial charge in [0, 0.05) is 0 Å². The molecule has 0 radical (unpaired) electrons. The van der Waals surface area contributed by atoms with Crippen LogP contribution in [0.4, 0.5) is 4.39 Å². The zero-order valence-electron chi connectivity index (χ0n) is 9.66. The second kappa shape index (κ2) is 5.45. The first-order valence-electron chi connectivity index (χ1n) is 5.08. The summed E-state index contributed by atoms with van der Waals surface area (Å²) in [7, 11) is 1.42. The lowest BCUT2D eigenvalue weighted by Crippen LogP contribution is -1.95. The Labute approximate surface area is 94.7 Å². The Morgan fingerprint density at radius 3 is 2.56 bits per heavy atom. The van der Waals surface area contributed by atoms with Crippen LogP contribution in [0.25, 0.3) is 6.08 Å². The molecular formula is C13H15FO2. The molecule has 0 N–H and O–H groups in total. The molecule has 0 saturated heterocycles. The maximum absolute atomic E-state index is 13.4. The number of benzene rings is 1. The van der Waals surface area contributed by atoms with Crippen LogP contribution in [0.3, 0.4) is 0 Å². The van der Waals surface area contributed by atoms with E-state index in [1.54, 1.807) is 18.2 Å². The first-order valence-corrected chi connectivity index (χ1v) is 5.08. The van der Waals surface area contributed by atoms with Gasteiger partial charge in [0.1, 0.15) is 6.29 Å². The van der Waals surface area contributed by atoms with E-state index in [-0.39, 0.29) is 11.7 Å². The van der Waals surface area contributed by atoms with Crippen molar-refractivity contribution < 1.29 is 13.9 Å². The van der Waals surface area contributed by atoms with Crippen molar-refractivity contribution >= 4 is 12.4 Å². The molecular weight excluding hydrogens is 207 g/mol. The van der Waals surface area contributed by atoms with Crippen LogP contribution in [0, 0.1) is 11.7 Å². The van der Waals surface area contributed by atoms with Gasteiger partial charge < -0.3 is 4.74 Å². The summed E-state index contributed by atoms with van der Waals surface area (Å²) in [5, 5.41) is 0. The number of rotatable bonds is 4. The molecule has 0 aliphatic heterocycles. The van der Waals surface area contributed by atoms with Crippen molar-refractivity contribution in [2.45, 2.75) is 13.8 Å². The van der Waals surface area contributed by atoms with E-state index >= 15 is 0 Å². The van der Waals surface area contributed by atoms with E-state index in [0.29, 0.717) is 11.1 Å². The molecule has 0 atom stereocenters. The van der Waals surface area contributed by atoms with Crippen molar-refractivity contribution in [2.24, 2.45) is 5.92 Å². The Hall–Kier alpha value is -1.64. The molecule has 0 unspecified atom stereocenters. The van der Waals surface area contributed by atoms with Crippen LogP contribution < -0.4 is 4.74 Å². The molecule has 0 aliphatic rings. The zero-order valence-corrected chi connectivity index (χ0v) is 9.66. The molecule has 1 aromatic carbocycles. The summed E-state index contributed by atoms with van der Waals surface area (Å²) < 4.78 is 18.2. The lowest BCUT2D eigenvalue weighted by Gasteiger charge is -2.05. The number of carbonyl (C=O) groups is 1. The third kappa shape index (κ3) is 2.92. The maximum Gasteiger partial charge on any atom is 0.165 e. The Morgan fingerprint density at radius 1 is 1.44 bits per heavy atom. The zero-order chi connectivity index (χ0) is 12.1. The fraction of sp³-hybridized carbons (Fsp3) is 0.308. The van der Waals surface area contributed by atoms with Crippen LogP contribution >= 0.6 is 0 Å². The van der Waals surface area contributed by atoms with Gasteiger partial charge in [-0.05, 0) is 35.3 Å². The predicted octanol–water partition coefficient (Wildman–Crippen LogP) is 3.07. The number of carbonyl (C=O) groups excluding carboxylic acids is 1. The van der Waals surface area contributed by atoms with Crippen molar-refractivity contribution in [2.75, 3.05) is 7.11 Å². The second-order valence-corrected chi connectivity index (χ2v) is 3.81. The van der Waals surface area contributed by atoms with Gasteiger partial charge in [0.05, 0.1) is 7.11 Å². The van der Waals surface area contributed by atoms with E-state index in [0.717, 1.165) is 6.29 Å². The number of halogens is 1.